The summed E-state index contributed by atoms with van der Waals surface area (Å²) in [7, 11) is 0. The minimum absolute atomic E-state index is 0.0482. The van der Waals surface area contributed by atoms with Crippen molar-refractivity contribution in [1.82, 2.24) is 29.7 Å². The number of nitrogens with zero attached hydrogens (tertiary/aromatic N) is 6. The summed E-state index contributed by atoms with van der Waals surface area (Å²) in [5.41, 5.74) is 14.6. The number of amides is 4. The van der Waals surface area contributed by atoms with Crippen LogP contribution in [0.5, 0.6) is 0 Å². The Morgan fingerprint density at radius 1 is 1.14 bits per heavy atom. The van der Waals surface area contributed by atoms with Gasteiger partial charge >= 0.3 is 18.2 Å². The molecule has 0 aliphatic carbocycles. The molecule has 0 bridgehead atoms. The van der Waals surface area contributed by atoms with E-state index in [9.17, 15) is 22.8 Å². The summed E-state index contributed by atoms with van der Waals surface area (Å²) >= 11 is 0. The molecule has 6 N–H and O–H groups in total. The van der Waals surface area contributed by atoms with E-state index in [1.165, 1.54) is 6.20 Å². The first-order valence-electron chi connectivity index (χ1n) is 13.4. The second-order valence-corrected chi connectivity index (χ2v) is 10.2. The standard InChI is InChI=1S/C27H31F3N10O3/c28-27(29,30)15-34-24(41)37-21-3-1-2-18(8-21)22-13-33-23-9-19(12-36-40(22)23)20(10-31)11-35-26(14-32)16-39(17-26)25(42)38-4-6-43-7-5-38/h1-3,8-13H,4-7,14-17,31-32H2,(H2,34,37,41). The van der Waals surface area contributed by atoms with Crippen LogP contribution in [0.4, 0.5) is 28.4 Å². The molecule has 2 saturated heterocycles. The topological polar surface area (TPSA) is 168 Å². The Hall–Kier alpha value is -4.70. The molecule has 2 aromatic heterocycles. The zero-order chi connectivity index (χ0) is 30.6. The minimum atomic E-state index is -4.52. The van der Waals surface area contributed by atoms with Gasteiger partial charge in [-0.15, -0.1) is 0 Å². The van der Waals surface area contributed by atoms with Crippen LogP contribution in [-0.2, 0) is 4.74 Å². The predicted molar refractivity (Wildman–Crippen MR) is 153 cm³/mol. The lowest BCUT2D eigenvalue weighted by Crippen LogP contribution is -2.68. The number of urea groups is 2. The van der Waals surface area contributed by atoms with Crippen molar-refractivity contribution in [3.63, 3.8) is 0 Å². The van der Waals surface area contributed by atoms with Gasteiger partial charge in [0.15, 0.2) is 5.65 Å². The molecule has 43 heavy (non-hydrogen) atoms. The molecular formula is C27H31F3N10O3. The monoisotopic (exact) mass is 600 g/mol. The molecule has 0 atom stereocenters. The summed E-state index contributed by atoms with van der Waals surface area (Å²) in [6, 6.07) is 7.31. The Kier molecular flexibility index (Phi) is 8.50. The first-order chi connectivity index (χ1) is 20.6. The Bertz CT molecular complexity index is 1540. The molecule has 0 saturated carbocycles. The van der Waals surface area contributed by atoms with Gasteiger partial charge in [0.25, 0.3) is 0 Å². The molecule has 2 aliphatic heterocycles. The van der Waals surface area contributed by atoms with Gasteiger partial charge in [-0.3, -0.25) is 4.99 Å². The van der Waals surface area contributed by atoms with Crippen molar-refractivity contribution in [3.8, 4) is 11.3 Å². The molecule has 0 spiro atoms. The zero-order valence-corrected chi connectivity index (χ0v) is 23.0. The number of aliphatic imine (C=N–C) groups is 1. The largest absolute Gasteiger partial charge is 0.405 e. The lowest BCUT2D eigenvalue weighted by atomic mass is 9.90. The van der Waals surface area contributed by atoms with Crippen molar-refractivity contribution >= 4 is 35.2 Å². The number of carbonyl (C=O) groups is 2. The smallest absolute Gasteiger partial charge is 0.404 e. The van der Waals surface area contributed by atoms with Gasteiger partial charge in [0, 0.05) is 54.4 Å². The van der Waals surface area contributed by atoms with Gasteiger partial charge in [-0.25, -0.2) is 19.1 Å². The number of nitrogens with two attached hydrogens (primary N) is 2. The van der Waals surface area contributed by atoms with Gasteiger partial charge < -0.3 is 36.6 Å². The molecule has 4 heterocycles. The number of carbonyl (C=O) groups excluding carboxylic acids is 2. The molecule has 0 radical (unpaired) electrons. The van der Waals surface area contributed by atoms with E-state index in [2.05, 4.69) is 15.4 Å². The van der Waals surface area contributed by atoms with Crippen molar-refractivity contribution < 1.29 is 27.5 Å². The Morgan fingerprint density at radius 3 is 2.60 bits per heavy atom. The van der Waals surface area contributed by atoms with E-state index < -0.39 is 24.3 Å². The number of benzene rings is 1. The Labute approximate surface area is 244 Å². The first kappa shape index (κ1) is 29.8. The molecule has 13 nitrogen and oxygen atoms in total. The van der Waals surface area contributed by atoms with E-state index in [4.69, 9.17) is 21.2 Å². The highest BCUT2D eigenvalue weighted by atomic mass is 19.4. The van der Waals surface area contributed by atoms with E-state index >= 15 is 0 Å². The van der Waals surface area contributed by atoms with Crippen LogP contribution in [0.25, 0.3) is 22.5 Å². The summed E-state index contributed by atoms with van der Waals surface area (Å²) in [5, 5.41) is 8.65. The van der Waals surface area contributed by atoms with Crippen LogP contribution in [0.15, 0.2) is 53.9 Å². The number of morpholine rings is 1. The van der Waals surface area contributed by atoms with Gasteiger partial charge in [-0.2, -0.15) is 18.3 Å². The molecule has 0 unspecified atom stereocenters. The third-order valence-electron chi connectivity index (χ3n) is 7.12. The van der Waals surface area contributed by atoms with Crippen molar-refractivity contribution in [1.29, 1.82) is 0 Å². The lowest BCUT2D eigenvalue weighted by molar-refractivity contribution is -0.122. The fourth-order valence-corrected chi connectivity index (χ4v) is 4.78. The van der Waals surface area contributed by atoms with E-state index in [0.29, 0.717) is 73.1 Å². The van der Waals surface area contributed by atoms with Crippen molar-refractivity contribution in [2.75, 3.05) is 57.8 Å². The van der Waals surface area contributed by atoms with E-state index in [0.717, 1.165) is 0 Å². The van der Waals surface area contributed by atoms with Crippen molar-refractivity contribution in [2.45, 2.75) is 11.7 Å². The fourth-order valence-electron chi connectivity index (χ4n) is 4.78. The van der Waals surface area contributed by atoms with Crippen LogP contribution < -0.4 is 22.1 Å². The highest BCUT2D eigenvalue weighted by Gasteiger charge is 2.45. The number of allylic oxidation sites excluding steroid dienone is 1. The molecule has 5 rings (SSSR count). The van der Waals surface area contributed by atoms with Crippen LogP contribution in [0.3, 0.4) is 0 Å². The summed E-state index contributed by atoms with van der Waals surface area (Å²) in [6.45, 7) is 1.78. The Balaban J connectivity index is 1.26. The van der Waals surface area contributed by atoms with Crippen LogP contribution >= 0.6 is 0 Å². The number of nitrogens with one attached hydrogen (secondary N) is 2. The molecular weight excluding hydrogens is 569 g/mol. The number of likely N-dealkylation sites (tertiary alicyclic amines) is 1. The number of imidazole rings is 1. The maximum absolute atomic E-state index is 12.7. The number of alkyl halides is 3. The van der Waals surface area contributed by atoms with Gasteiger partial charge in [0.05, 0.1) is 44.4 Å². The van der Waals surface area contributed by atoms with Gasteiger partial charge in [-0.1, -0.05) is 12.1 Å². The maximum atomic E-state index is 12.7. The molecule has 2 fully saturated rings. The predicted octanol–water partition coefficient (Wildman–Crippen LogP) is 1.92. The van der Waals surface area contributed by atoms with Crippen LogP contribution in [0.1, 0.15) is 5.56 Å². The summed E-state index contributed by atoms with van der Waals surface area (Å²) in [4.78, 5) is 37.2. The zero-order valence-electron chi connectivity index (χ0n) is 23.0. The number of hydrogen-bond donors (Lipinski definition) is 4. The molecule has 1 aromatic carbocycles. The first-order valence-corrected chi connectivity index (χ1v) is 13.4. The average molecular weight is 601 g/mol. The fraction of sp³-hybridized carbons (Fsp3) is 0.370. The highest BCUT2D eigenvalue weighted by molar-refractivity contribution is 6.10. The second kappa shape index (κ2) is 12.3. The number of fused-ring (bicyclic) bond motifs is 1. The van der Waals surface area contributed by atoms with Crippen LogP contribution in [-0.4, -0.2) is 107 Å². The second-order valence-electron chi connectivity index (χ2n) is 10.2. The van der Waals surface area contributed by atoms with E-state index in [1.54, 1.807) is 68.6 Å². The van der Waals surface area contributed by atoms with E-state index in [-0.39, 0.29) is 12.6 Å². The number of aromatic nitrogens is 3. The average Bonchev–Trinajstić information content (AvgIpc) is 3.41. The van der Waals surface area contributed by atoms with Crippen LogP contribution in [0, 0.1) is 0 Å². The van der Waals surface area contributed by atoms with Crippen LogP contribution in [0.2, 0.25) is 0 Å². The lowest BCUT2D eigenvalue weighted by Gasteiger charge is -2.48. The van der Waals surface area contributed by atoms with Gasteiger partial charge in [0.1, 0.15) is 12.1 Å². The quantitative estimate of drug-likeness (QED) is 0.301. The number of ether oxygens (including phenoxy) is 1. The summed E-state index contributed by atoms with van der Waals surface area (Å²) in [6.07, 6.45) is 1.70. The summed E-state index contributed by atoms with van der Waals surface area (Å²) in [5.74, 6) is 0. The van der Waals surface area contributed by atoms with Gasteiger partial charge in [-0.05, 0) is 18.2 Å². The molecule has 3 aromatic rings. The highest BCUT2D eigenvalue weighted by Crippen LogP contribution is 2.28. The summed E-state index contributed by atoms with van der Waals surface area (Å²) < 4.78 is 44.1. The normalized spacial score (nSPS) is 17.3. The van der Waals surface area contributed by atoms with Crippen molar-refractivity contribution in [2.24, 2.45) is 16.5 Å². The number of rotatable bonds is 7. The third-order valence-corrected chi connectivity index (χ3v) is 7.12. The Morgan fingerprint density at radius 2 is 1.91 bits per heavy atom. The molecule has 16 heteroatoms. The number of halogens is 3. The number of anilines is 1. The van der Waals surface area contributed by atoms with Crippen molar-refractivity contribution in [3.05, 3.63) is 54.5 Å². The SMILES string of the molecule is NC=C(C=NC1(CN)CN(C(=O)N2CCOCC2)C1)c1cnn2c(-c3cccc(NC(=O)NCC(F)(F)F)c3)cnc2c1. The molecule has 4 amide bonds. The number of hydrogen-bond acceptors (Lipinski definition) is 8. The molecule has 2 aliphatic rings. The van der Waals surface area contributed by atoms with E-state index in [1.807, 2.05) is 0 Å². The molecule has 228 valence electrons. The maximum Gasteiger partial charge on any atom is 0.405 e. The minimum Gasteiger partial charge on any atom is -0.404 e. The third kappa shape index (κ3) is 6.86. The van der Waals surface area contributed by atoms with Gasteiger partial charge in [0.2, 0.25) is 0 Å².